The van der Waals surface area contributed by atoms with Gasteiger partial charge in [-0.25, -0.2) is 4.79 Å². The van der Waals surface area contributed by atoms with Gasteiger partial charge in [-0.3, -0.25) is 4.79 Å². The van der Waals surface area contributed by atoms with E-state index in [0.717, 1.165) is 45.6 Å². The molecular formula is C24H43NO5. The summed E-state index contributed by atoms with van der Waals surface area (Å²) in [5, 5.41) is 23.0. The normalized spacial score (nSPS) is 22.9. The Kier molecular flexibility index (Phi) is 12.3. The predicted octanol–water partition coefficient (Wildman–Crippen LogP) is 4.09. The van der Waals surface area contributed by atoms with E-state index in [9.17, 15) is 19.8 Å². The van der Waals surface area contributed by atoms with Gasteiger partial charge in [-0.1, -0.05) is 58.1 Å². The van der Waals surface area contributed by atoms with Crippen molar-refractivity contribution < 1.29 is 24.5 Å². The highest BCUT2D eigenvalue weighted by atomic mass is 16.6. The van der Waals surface area contributed by atoms with Crippen LogP contribution in [0.5, 0.6) is 0 Å². The van der Waals surface area contributed by atoms with Gasteiger partial charge in [-0.15, -0.1) is 0 Å². The molecule has 6 heteroatoms. The van der Waals surface area contributed by atoms with Crippen LogP contribution in [0.4, 0.5) is 0 Å². The summed E-state index contributed by atoms with van der Waals surface area (Å²) in [6.45, 7) is 5.45. The largest absolute Gasteiger partial charge is 0.465 e. The van der Waals surface area contributed by atoms with Crippen LogP contribution in [0.2, 0.25) is 0 Å². The Morgan fingerprint density at radius 2 is 1.90 bits per heavy atom. The molecule has 1 fully saturated rings. The maximum atomic E-state index is 11.6. The molecule has 1 aliphatic carbocycles. The van der Waals surface area contributed by atoms with E-state index >= 15 is 0 Å². The van der Waals surface area contributed by atoms with Crippen LogP contribution in [0.1, 0.15) is 91.4 Å². The number of amides is 1. The molecule has 0 heterocycles. The van der Waals surface area contributed by atoms with Gasteiger partial charge in [0, 0.05) is 18.9 Å². The van der Waals surface area contributed by atoms with Crippen molar-refractivity contribution in [1.29, 1.82) is 0 Å². The van der Waals surface area contributed by atoms with Gasteiger partial charge < -0.3 is 20.3 Å². The Morgan fingerprint density at radius 3 is 2.53 bits per heavy atom. The Balaban J connectivity index is 2.51. The first-order valence-electron chi connectivity index (χ1n) is 11.7. The number of aliphatic hydroxyl groups is 2. The molecule has 0 aromatic carbocycles. The first-order chi connectivity index (χ1) is 14.2. The lowest BCUT2D eigenvalue weighted by atomic mass is 9.87. The summed E-state index contributed by atoms with van der Waals surface area (Å²) in [6, 6.07) is 0.208. The number of ether oxygens (including phenoxy) is 1. The second-order valence-corrected chi connectivity index (χ2v) is 8.90. The smallest absolute Gasteiger partial charge is 0.366 e. The zero-order valence-electron chi connectivity index (χ0n) is 19.4. The number of nitrogens with one attached hydrogen (secondary N) is 1. The van der Waals surface area contributed by atoms with Crippen LogP contribution in [-0.4, -0.2) is 41.0 Å². The molecule has 3 N–H and O–H groups in total. The number of carbonyl (C=O) groups is 2. The van der Waals surface area contributed by atoms with Crippen molar-refractivity contribution in [2.45, 2.75) is 103 Å². The fourth-order valence-corrected chi connectivity index (χ4v) is 4.52. The number of unbranched alkanes of at least 4 members (excludes halogenated alkanes) is 5. The quantitative estimate of drug-likeness (QED) is 0.169. The maximum absolute atomic E-state index is 11.6. The third-order valence-electron chi connectivity index (χ3n) is 6.46. The van der Waals surface area contributed by atoms with Crippen LogP contribution < -0.4 is 5.32 Å². The minimum atomic E-state index is -2.43. The minimum Gasteiger partial charge on any atom is -0.465 e. The highest BCUT2D eigenvalue weighted by Crippen LogP contribution is 2.37. The zero-order valence-corrected chi connectivity index (χ0v) is 19.4. The molecule has 1 rings (SSSR count). The number of allylic oxidation sites excluding steroid dienone is 1. The highest BCUT2D eigenvalue weighted by Gasteiger charge is 2.40. The van der Waals surface area contributed by atoms with Gasteiger partial charge in [0.15, 0.2) is 0 Å². The van der Waals surface area contributed by atoms with Gasteiger partial charge in [0.05, 0.1) is 7.11 Å². The standard InChI is InChI=1S/C24H43NO5/c1-5-6-7-8-9-10-15-21-20(16-17-22(21)25-19(3)26)14-12-11-13-18(2)24(28,29)23(27)30-4/h10,15,18,20-22,28-29H,5-9,11-14,16-17H2,1-4H3,(H,25,26)/t18?,20-,21-,22-/m1/s1. The molecule has 0 aromatic rings. The van der Waals surface area contributed by atoms with Crippen molar-refractivity contribution in [2.24, 2.45) is 17.8 Å². The highest BCUT2D eigenvalue weighted by molar-refractivity contribution is 5.77. The van der Waals surface area contributed by atoms with E-state index in [1.165, 1.54) is 25.7 Å². The Labute approximate surface area is 182 Å². The Hall–Kier alpha value is -1.40. The summed E-state index contributed by atoms with van der Waals surface area (Å²) in [7, 11) is 1.15. The van der Waals surface area contributed by atoms with Crippen LogP contribution in [0.15, 0.2) is 12.2 Å². The topological polar surface area (TPSA) is 95.9 Å². The van der Waals surface area contributed by atoms with Crippen molar-refractivity contribution in [3.63, 3.8) is 0 Å². The van der Waals surface area contributed by atoms with Crippen LogP contribution in [0.25, 0.3) is 0 Å². The average molecular weight is 426 g/mol. The van der Waals surface area contributed by atoms with Crippen molar-refractivity contribution in [2.75, 3.05) is 7.11 Å². The lowest BCUT2D eigenvalue weighted by Crippen LogP contribution is -2.45. The third-order valence-corrected chi connectivity index (χ3v) is 6.46. The number of carbonyl (C=O) groups excluding carboxylic acids is 2. The van der Waals surface area contributed by atoms with Gasteiger partial charge in [0.2, 0.25) is 5.91 Å². The Bertz CT molecular complexity index is 546. The number of hydrogen-bond acceptors (Lipinski definition) is 5. The predicted molar refractivity (Wildman–Crippen MR) is 119 cm³/mol. The van der Waals surface area contributed by atoms with Gasteiger partial charge >= 0.3 is 5.97 Å². The molecule has 1 unspecified atom stereocenters. The summed E-state index contributed by atoms with van der Waals surface area (Å²) in [6.07, 6.45) is 16.2. The molecule has 0 radical (unpaired) electrons. The molecule has 0 saturated heterocycles. The SMILES string of the molecule is CCCCCCC=C[C@@H]1[C@H](CCCCC(C)C(O)(O)C(=O)OC)CC[C@H]1NC(C)=O. The number of hydrogen-bond donors (Lipinski definition) is 3. The molecule has 1 amide bonds. The molecule has 1 saturated carbocycles. The van der Waals surface area contributed by atoms with Crippen LogP contribution in [0.3, 0.4) is 0 Å². The summed E-state index contributed by atoms with van der Waals surface area (Å²) in [5.74, 6) is -3.10. The van der Waals surface area contributed by atoms with Crippen LogP contribution in [0, 0.1) is 17.8 Å². The van der Waals surface area contributed by atoms with Crippen molar-refractivity contribution >= 4 is 11.9 Å². The molecular weight excluding hydrogens is 382 g/mol. The number of methoxy groups -OCH3 is 1. The van der Waals surface area contributed by atoms with E-state index in [-0.39, 0.29) is 11.9 Å². The summed E-state index contributed by atoms with van der Waals surface area (Å²) >= 11 is 0. The molecule has 0 aliphatic heterocycles. The number of esters is 1. The fourth-order valence-electron chi connectivity index (χ4n) is 4.52. The molecule has 174 valence electrons. The van der Waals surface area contributed by atoms with E-state index in [4.69, 9.17) is 0 Å². The molecule has 1 aliphatic rings. The van der Waals surface area contributed by atoms with Gasteiger partial charge in [0.1, 0.15) is 0 Å². The van der Waals surface area contributed by atoms with Gasteiger partial charge in [-0.2, -0.15) is 0 Å². The first kappa shape index (κ1) is 26.6. The van der Waals surface area contributed by atoms with E-state index in [0.29, 0.717) is 18.3 Å². The van der Waals surface area contributed by atoms with Crippen molar-refractivity contribution in [3.05, 3.63) is 12.2 Å². The maximum Gasteiger partial charge on any atom is 0.366 e. The second kappa shape index (κ2) is 13.8. The third kappa shape index (κ3) is 8.76. The van der Waals surface area contributed by atoms with Crippen LogP contribution >= 0.6 is 0 Å². The van der Waals surface area contributed by atoms with Crippen LogP contribution in [-0.2, 0) is 14.3 Å². The molecule has 4 atom stereocenters. The average Bonchev–Trinajstić information content (AvgIpc) is 3.07. The lowest BCUT2D eigenvalue weighted by Gasteiger charge is -2.26. The van der Waals surface area contributed by atoms with E-state index in [2.05, 4.69) is 29.1 Å². The molecule has 6 nitrogen and oxygen atoms in total. The van der Waals surface area contributed by atoms with E-state index < -0.39 is 17.7 Å². The molecule has 0 aromatic heterocycles. The molecule has 0 spiro atoms. The minimum absolute atomic E-state index is 0.0286. The molecule has 0 bridgehead atoms. The fraction of sp³-hybridized carbons (Fsp3) is 0.833. The van der Waals surface area contributed by atoms with Gasteiger partial charge in [-0.05, 0) is 50.4 Å². The van der Waals surface area contributed by atoms with E-state index in [1.54, 1.807) is 13.8 Å². The van der Waals surface area contributed by atoms with Crippen molar-refractivity contribution in [3.8, 4) is 0 Å². The van der Waals surface area contributed by atoms with Crippen molar-refractivity contribution in [1.82, 2.24) is 5.32 Å². The summed E-state index contributed by atoms with van der Waals surface area (Å²) in [5.41, 5.74) is 0. The Morgan fingerprint density at radius 1 is 1.17 bits per heavy atom. The second-order valence-electron chi connectivity index (χ2n) is 8.90. The van der Waals surface area contributed by atoms with Gasteiger partial charge in [0.25, 0.3) is 5.79 Å². The molecule has 30 heavy (non-hydrogen) atoms. The van der Waals surface area contributed by atoms with E-state index in [1.807, 2.05) is 0 Å². The monoisotopic (exact) mass is 425 g/mol. The number of rotatable bonds is 14. The summed E-state index contributed by atoms with van der Waals surface area (Å²) < 4.78 is 4.47. The summed E-state index contributed by atoms with van der Waals surface area (Å²) in [4.78, 5) is 23.1. The first-order valence-corrected chi connectivity index (χ1v) is 11.7. The lowest BCUT2D eigenvalue weighted by molar-refractivity contribution is -0.224. The zero-order chi connectivity index (χ0) is 22.6.